The minimum absolute atomic E-state index is 0. The first-order valence-corrected chi connectivity index (χ1v) is 0. The minimum Gasteiger partial charge on any atom is 0 e. The van der Waals surface area contributed by atoms with Crippen molar-refractivity contribution in [3.05, 3.63) is 0 Å². The maximum atomic E-state index is 0. The molecule has 0 atom stereocenters. The molecule has 0 amide bonds. The summed E-state index contributed by atoms with van der Waals surface area (Å²) < 4.78 is 0. The van der Waals surface area contributed by atoms with Crippen molar-refractivity contribution in [2.24, 2.45) is 0 Å². The predicted octanol–water partition coefficient (Wildman–Crippen LogP) is -1.19. The quantitative estimate of drug-likeness (QED) is 0.459. The van der Waals surface area contributed by atoms with Gasteiger partial charge in [0.25, 0.3) is 0 Å². The van der Waals surface area contributed by atoms with Gasteiger partial charge in [-0.2, -0.15) is 0 Å². The molecular formula is H3AlFeMoTi. The average molecular weight is 230 g/mol. The van der Waals surface area contributed by atoms with Gasteiger partial charge in [-0.25, -0.2) is 0 Å². The molecule has 24 valence electrons. The Kier molecular flexibility index (Phi) is 143. The number of hydrogen-bond acceptors (Lipinski definition) is 0. The topological polar surface area (TPSA) is 0 Å². The van der Waals surface area contributed by atoms with Crippen LogP contribution in [0.5, 0.6) is 0 Å². The third-order valence-electron chi connectivity index (χ3n) is 0. The third-order valence-corrected chi connectivity index (χ3v) is 0. The van der Waals surface area contributed by atoms with Crippen LogP contribution in [-0.2, 0) is 59.9 Å². The van der Waals surface area contributed by atoms with Gasteiger partial charge in [0.2, 0.25) is 0 Å². The van der Waals surface area contributed by atoms with E-state index in [1.165, 1.54) is 0 Å². The Bertz CT molecular complexity index is 8.00. The van der Waals surface area contributed by atoms with E-state index in [0.29, 0.717) is 0 Å². The van der Waals surface area contributed by atoms with Crippen LogP contribution < -0.4 is 0 Å². The van der Waals surface area contributed by atoms with Gasteiger partial charge in [-0.1, -0.05) is 0 Å². The van der Waals surface area contributed by atoms with Gasteiger partial charge in [0.05, 0.1) is 0 Å². The molecule has 0 aromatic rings. The van der Waals surface area contributed by atoms with Crippen LogP contribution in [0.1, 0.15) is 0 Å². The molecule has 0 bridgehead atoms. The molecule has 0 aromatic carbocycles. The van der Waals surface area contributed by atoms with E-state index in [4.69, 9.17) is 0 Å². The zero-order chi connectivity index (χ0) is 0. The first-order chi connectivity index (χ1) is 0. The fraction of sp³-hybridized carbons (Fsp3) is 0. The van der Waals surface area contributed by atoms with Crippen molar-refractivity contribution >= 4 is 17.4 Å². The maximum Gasteiger partial charge on any atom is 0.187 e. The van der Waals surface area contributed by atoms with E-state index in [1.807, 2.05) is 0 Å². The van der Waals surface area contributed by atoms with Crippen molar-refractivity contribution in [3.63, 3.8) is 0 Å². The van der Waals surface area contributed by atoms with E-state index in [1.54, 1.807) is 0 Å². The SMILES string of the molecule is [AlH3].[Fe].[Mo].[Ti]. The van der Waals surface area contributed by atoms with Crippen molar-refractivity contribution in [2.75, 3.05) is 0 Å². The molecule has 0 saturated heterocycles. The molecular weight excluding hydrogens is 227 g/mol. The molecule has 0 aliphatic heterocycles. The zero-order valence-corrected chi connectivity index (χ0v) is 5.93. The van der Waals surface area contributed by atoms with Crippen LogP contribution >= 0.6 is 0 Å². The molecule has 0 heterocycles. The van der Waals surface area contributed by atoms with E-state index >= 15 is 0 Å². The summed E-state index contributed by atoms with van der Waals surface area (Å²) in [5.41, 5.74) is 0. The molecule has 0 radical (unpaired) electrons. The minimum atomic E-state index is 0. The summed E-state index contributed by atoms with van der Waals surface area (Å²) in [4.78, 5) is 0. The van der Waals surface area contributed by atoms with E-state index in [9.17, 15) is 0 Å². The predicted molar refractivity (Wildman–Crippen MR) is 9.94 cm³/mol. The Morgan fingerprint density at radius 1 is 1.00 bits per heavy atom. The van der Waals surface area contributed by atoms with Crippen molar-refractivity contribution in [1.82, 2.24) is 0 Å². The maximum absolute atomic E-state index is 0. The van der Waals surface area contributed by atoms with Gasteiger partial charge >= 0.3 is 0 Å². The standard InChI is InChI=1S/Al.Fe.Mo.Ti.3H. The summed E-state index contributed by atoms with van der Waals surface area (Å²) in [5.74, 6) is 0. The molecule has 0 saturated carbocycles. The first-order valence-electron chi connectivity index (χ1n) is 0. The number of hydrogen-bond donors (Lipinski definition) is 0. The summed E-state index contributed by atoms with van der Waals surface area (Å²) in [6, 6.07) is 0. The van der Waals surface area contributed by atoms with Crippen LogP contribution in [0.4, 0.5) is 0 Å². The second-order valence-corrected chi connectivity index (χ2v) is 0. The van der Waals surface area contributed by atoms with Gasteiger partial charge in [0, 0.05) is 59.9 Å². The van der Waals surface area contributed by atoms with Crippen LogP contribution in [0.15, 0.2) is 0 Å². The summed E-state index contributed by atoms with van der Waals surface area (Å²) in [6.07, 6.45) is 0. The number of rotatable bonds is 0. The third kappa shape index (κ3) is 8.82. The molecule has 0 fully saturated rings. The molecule has 0 aromatic heterocycles. The summed E-state index contributed by atoms with van der Waals surface area (Å²) >= 11 is 0. The van der Waals surface area contributed by atoms with Crippen LogP contribution in [-0.4, -0.2) is 17.4 Å². The molecule has 4 heavy (non-hydrogen) atoms. The fourth-order valence-electron chi connectivity index (χ4n) is 0. The second-order valence-electron chi connectivity index (χ2n) is 0. The van der Waals surface area contributed by atoms with Gasteiger partial charge < -0.3 is 0 Å². The molecule has 0 unspecified atom stereocenters. The van der Waals surface area contributed by atoms with E-state index in [-0.39, 0.29) is 77.2 Å². The van der Waals surface area contributed by atoms with Gasteiger partial charge in [0.15, 0.2) is 17.4 Å². The Morgan fingerprint density at radius 3 is 1.00 bits per heavy atom. The average Bonchev–Trinajstić information content (AvgIpc) is 0. The molecule has 0 aliphatic rings. The molecule has 0 spiro atoms. The monoisotopic (exact) mass is 232 g/mol. The second kappa shape index (κ2) is 18.0. The Balaban J connectivity index is 0. The van der Waals surface area contributed by atoms with Crippen LogP contribution in [0, 0.1) is 0 Å². The van der Waals surface area contributed by atoms with Gasteiger partial charge in [-0.15, -0.1) is 0 Å². The molecule has 0 rings (SSSR count). The molecule has 0 aliphatic carbocycles. The summed E-state index contributed by atoms with van der Waals surface area (Å²) in [5, 5.41) is 0. The van der Waals surface area contributed by atoms with Gasteiger partial charge in [0.1, 0.15) is 0 Å². The molecule has 4 heteroatoms. The van der Waals surface area contributed by atoms with Crippen LogP contribution in [0.2, 0.25) is 0 Å². The molecule has 0 nitrogen and oxygen atoms in total. The van der Waals surface area contributed by atoms with Crippen molar-refractivity contribution < 1.29 is 59.9 Å². The summed E-state index contributed by atoms with van der Waals surface area (Å²) in [6.45, 7) is 0. The van der Waals surface area contributed by atoms with Crippen molar-refractivity contribution in [1.29, 1.82) is 0 Å². The largest absolute Gasteiger partial charge is 0.187 e. The first kappa shape index (κ1) is 31.9. The fourth-order valence-corrected chi connectivity index (χ4v) is 0. The molecule has 0 N–H and O–H groups in total. The Hall–Kier alpha value is 2.45. The zero-order valence-electron chi connectivity index (χ0n) is 1.26. The van der Waals surface area contributed by atoms with Gasteiger partial charge in [-0.05, 0) is 0 Å². The smallest absolute Gasteiger partial charge is 0 e. The van der Waals surface area contributed by atoms with E-state index < -0.39 is 0 Å². The van der Waals surface area contributed by atoms with Crippen molar-refractivity contribution in [2.45, 2.75) is 0 Å². The van der Waals surface area contributed by atoms with E-state index in [0.717, 1.165) is 0 Å². The Labute approximate surface area is 76.2 Å². The summed E-state index contributed by atoms with van der Waals surface area (Å²) in [7, 11) is 0. The Morgan fingerprint density at radius 2 is 1.00 bits per heavy atom. The van der Waals surface area contributed by atoms with Crippen LogP contribution in [0.25, 0.3) is 0 Å². The van der Waals surface area contributed by atoms with Crippen LogP contribution in [0.3, 0.4) is 0 Å². The van der Waals surface area contributed by atoms with Crippen molar-refractivity contribution in [3.8, 4) is 0 Å². The van der Waals surface area contributed by atoms with E-state index in [2.05, 4.69) is 0 Å². The van der Waals surface area contributed by atoms with Gasteiger partial charge in [-0.3, -0.25) is 0 Å². The normalized spacial score (nSPS) is 0.